The lowest BCUT2D eigenvalue weighted by atomic mass is 9.68. The lowest BCUT2D eigenvalue weighted by Crippen LogP contribution is -2.28. The second kappa shape index (κ2) is 7.07. The number of hydrogen-bond acceptors (Lipinski definition) is 1. The van der Waals surface area contributed by atoms with Crippen LogP contribution >= 0.6 is 12.4 Å². The summed E-state index contributed by atoms with van der Waals surface area (Å²) in [6, 6.07) is 15.9. The van der Waals surface area contributed by atoms with Crippen molar-refractivity contribution >= 4 is 12.4 Å². The fourth-order valence-electron chi connectivity index (χ4n) is 3.87. The molecule has 0 spiro atoms. The van der Waals surface area contributed by atoms with E-state index in [4.69, 9.17) is 0 Å². The Hall–Kier alpha value is -1.31. The van der Waals surface area contributed by atoms with Gasteiger partial charge < -0.3 is 4.90 Å². The Balaban J connectivity index is 0.00000192. The minimum absolute atomic E-state index is 0. The Morgan fingerprint density at radius 1 is 0.957 bits per heavy atom. The van der Waals surface area contributed by atoms with Crippen molar-refractivity contribution in [2.45, 2.75) is 38.5 Å². The number of fused-ring (bicyclic) bond motifs is 2. The van der Waals surface area contributed by atoms with Crippen LogP contribution < -0.4 is 0 Å². The Morgan fingerprint density at radius 3 is 2.39 bits per heavy atom. The molecule has 0 aromatic heterocycles. The monoisotopic (exact) mass is 329 g/mol. The van der Waals surface area contributed by atoms with Gasteiger partial charge in [-0.15, -0.1) is 12.4 Å². The van der Waals surface area contributed by atoms with Crippen LogP contribution in [0, 0.1) is 0 Å². The van der Waals surface area contributed by atoms with Crippen LogP contribution in [0.4, 0.5) is 0 Å². The first-order valence-corrected chi connectivity index (χ1v) is 8.34. The Labute approximate surface area is 147 Å². The van der Waals surface area contributed by atoms with Crippen molar-refractivity contribution in [3.05, 3.63) is 70.3 Å². The van der Waals surface area contributed by atoms with Gasteiger partial charge in [0, 0.05) is 5.41 Å². The van der Waals surface area contributed by atoms with Crippen LogP contribution in [0.3, 0.4) is 0 Å². The molecular weight excluding hydrogens is 302 g/mol. The van der Waals surface area contributed by atoms with E-state index in [9.17, 15) is 0 Å². The lowest BCUT2D eigenvalue weighted by Gasteiger charge is -2.36. The highest BCUT2D eigenvalue weighted by Crippen LogP contribution is 2.42. The Morgan fingerprint density at radius 2 is 1.65 bits per heavy atom. The molecule has 2 heteroatoms. The van der Waals surface area contributed by atoms with Gasteiger partial charge in [0.05, 0.1) is 0 Å². The maximum Gasteiger partial charge on any atom is 0.0152 e. The second-order valence-electron chi connectivity index (χ2n) is 7.31. The highest BCUT2D eigenvalue weighted by Gasteiger charge is 2.32. The summed E-state index contributed by atoms with van der Waals surface area (Å²) in [4.78, 5) is 2.27. The molecule has 0 amide bonds. The van der Waals surface area contributed by atoms with E-state index < -0.39 is 0 Å². The molecule has 0 N–H and O–H groups in total. The minimum Gasteiger partial charge on any atom is -0.309 e. The van der Waals surface area contributed by atoms with Gasteiger partial charge in [-0.3, -0.25) is 0 Å². The summed E-state index contributed by atoms with van der Waals surface area (Å²) in [6.45, 7) is 5.89. The molecule has 124 valence electrons. The molecule has 0 aliphatic heterocycles. The van der Waals surface area contributed by atoms with E-state index in [0.29, 0.717) is 0 Å². The highest BCUT2D eigenvalue weighted by atomic mass is 35.5. The van der Waals surface area contributed by atoms with Crippen LogP contribution in [-0.2, 0) is 18.3 Å². The molecule has 0 atom stereocenters. The summed E-state index contributed by atoms with van der Waals surface area (Å²) in [7, 11) is 4.31. The fraction of sp³-hybridized carbons (Fsp3) is 0.429. The largest absolute Gasteiger partial charge is 0.309 e. The Bertz CT molecular complexity index is 673. The van der Waals surface area contributed by atoms with Gasteiger partial charge in [-0.05, 0) is 67.7 Å². The van der Waals surface area contributed by atoms with E-state index in [-0.39, 0.29) is 17.8 Å². The summed E-state index contributed by atoms with van der Waals surface area (Å²) in [5, 5.41) is 0. The fourth-order valence-corrected chi connectivity index (χ4v) is 3.87. The predicted octanol–water partition coefficient (Wildman–Crippen LogP) is 4.83. The molecule has 0 saturated heterocycles. The third-order valence-corrected chi connectivity index (χ3v) is 5.06. The van der Waals surface area contributed by atoms with E-state index in [2.05, 4.69) is 75.3 Å². The minimum atomic E-state index is 0. The maximum absolute atomic E-state index is 2.37. The van der Waals surface area contributed by atoms with Crippen molar-refractivity contribution < 1.29 is 0 Å². The number of benzene rings is 2. The first-order chi connectivity index (χ1) is 10.5. The van der Waals surface area contributed by atoms with Crippen LogP contribution in [0.25, 0.3) is 0 Å². The molecule has 2 aromatic carbocycles. The zero-order valence-electron chi connectivity index (χ0n) is 14.7. The summed E-state index contributed by atoms with van der Waals surface area (Å²) in [5.74, 6) is 0. The number of hydrogen-bond donors (Lipinski definition) is 0. The van der Waals surface area contributed by atoms with E-state index in [1.807, 2.05) is 0 Å². The zero-order valence-corrected chi connectivity index (χ0v) is 15.5. The van der Waals surface area contributed by atoms with Crippen LogP contribution in [-0.4, -0.2) is 25.5 Å². The first-order valence-electron chi connectivity index (χ1n) is 8.34. The Kier molecular flexibility index (Phi) is 5.54. The van der Waals surface area contributed by atoms with Gasteiger partial charge in [-0.2, -0.15) is 0 Å². The maximum atomic E-state index is 2.37. The SMILES string of the molecule is CN(C)CCCc1cccc2c1Cc1ccccc1C2(C)C.Cl. The van der Waals surface area contributed by atoms with Gasteiger partial charge in [0.2, 0.25) is 0 Å². The molecule has 0 unspecified atom stereocenters. The molecule has 1 aliphatic rings. The van der Waals surface area contributed by atoms with Crippen molar-refractivity contribution in [3.63, 3.8) is 0 Å². The van der Waals surface area contributed by atoms with Gasteiger partial charge in [0.1, 0.15) is 0 Å². The standard InChI is InChI=1S/C21H27N.ClH/c1-21(2)19-12-6-5-9-17(19)15-18-16(10-7-13-20(18)21)11-8-14-22(3)4;/h5-7,9-10,12-13H,8,11,14-15H2,1-4H3;1H. The van der Waals surface area contributed by atoms with Crippen molar-refractivity contribution in [2.75, 3.05) is 20.6 Å². The molecule has 0 heterocycles. The molecule has 1 aliphatic carbocycles. The second-order valence-corrected chi connectivity index (χ2v) is 7.31. The third-order valence-electron chi connectivity index (χ3n) is 5.06. The van der Waals surface area contributed by atoms with Crippen LogP contribution in [0.15, 0.2) is 42.5 Å². The van der Waals surface area contributed by atoms with E-state index in [1.165, 1.54) is 29.5 Å². The van der Waals surface area contributed by atoms with E-state index >= 15 is 0 Å². The predicted molar refractivity (Wildman–Crippen MR) is 102 cm³/mol. The smallest absolute Gasteiger partial charge is 0.0152 e. The molecule has 3 rings (SSSR count). The molecule has 0 bridgehead atoms. The van der Waals surface area contributed by atoms with Crippen molar-refractivity contribution in [1.29, 1.82) is 0 Å². The summed E-state index contributed by atoms with van der Waals surface area (Å²) < 4.78 is 0. The van der Waals surface area contributed by atoms with Gasteiger partial charge >= 0.3 is 0 Å². The van der Waals surface area contributed by atoms with Crippen molar-refractivity contribution in [1.82, 2.24) is 4.90 Å². The molecule has 23 heavy (non-hydrogen) atoms. The average molecular weight is 330 g/mol. The molecule has 0 fully saturated rings. The number of halogens is 1. The number of rotatable bonds is 4. The molecule has 2 aromatic rings. The van der Waals surface area contributed by atoms with Gasteiger partial charge in [0.15, 0.2) is 0 Å². The lowest BCUT2D eigenvalue weighted by molar-refractivity contribution is 0.400. The summed E-state index contributed by atoms with van der Waals surface area (Å²) in [5.41, 5.74) is 7.75. The topological polar surface area (TPSA) is 3.24 Å². The van der Waals surface area contributed by atoms with Crippen LogP contribution in [0.2, 0.25) is 0 Å². The van der Waals surface area contributed by atoms with Gasteiger partial charge in [0.25, 0.3) is 0 Å². The van der Waals surface area contributed by atoms with E-state index in [0.717, 1.165) is 13.0 Å². The van der Waals surface area contributed by atoms with Crippen molar-refractivity contribution in [2.24, 2.45) is 0 Å². The first kappa shape index (κ1) is 18.0. The van der Waals surface area contributed by atoms with E-state index in [1.54, 1.807) is 11.1 Å². The molecule has 0 saturated carbocycles. The molecule has 1 nitrogen and oxygen atoms in total. The van der Waals surface area contributed by atoms with Gasteiger partial charge in [-0.25, -0.2) is 0 Å². The normalized spacial score (nSPS) is 14.8. The summed E-state index contributed by atoms with van der Waals surface area (Å²) >= 11 is 0. The third kappa shape index (κ3) is 3.46. The van der Waals surface area contributed by atoms with Crippen LogP contribution in [0.5, 0.6) is 0 Å². The quantitative estimate of drug-likeness (QED) is 0.776. The van der Waals surface area contributed by atoms with Crippen molar-refractivity contribution in [3.8, 4) is 0 Å². The molecule has 0 radical (unpaired) electrons. The zero-order chi connectivity index (χ0) is 15.7. The van der Waals surface area contributed by atoms with Gasteiger partial charge in [-0.1, -0.05) is 56.3 Å². The summed E-state index contributed by atoms with van der Waals surface area (Å²) in [6.07, 6.45) is 3.50. The highest BCUT2D eigenvalue weighted by molar-refractivity contribution is 5.85. The molecular formula is C21H28ClN. The van der Waals surface area contributed by atoms with Crippen LogP contribution in [0.1, 0.15) is 48.1 Å². The number of nitrogens with zero attached hydrogens (tertiary/aromatic N) is 1. The average Bonchev–Trinajstić information content (AvgIpc) is 2.48. The number of aryl methyl sites for hydroxylation is 1.